The summed E-state index contributed by atoms with van der Waals surface area (Å²) < 4.78 is 0. The van der Waals surface area contributed by atoms with Crippen molar-refractivity contribution in [1.29, 1.82) is 0 Å². The van der Waals surface area contributed by atoms with Gasteiger partial charge in [0.05, 0.1) is 0 Å². The van der Waals surface area contributed by atoms with Crippen LogP contribution in [0, 0.1) is 0 Å². The molecule has 0 aromatic heterocycles. The molecule has 0 N–H and O–H groups in total. The van der Waals surface area contributed by atoms with Crippen LogP contribution in [0.3, 0.4) is 0 Å². The van der Waals surface area contributed by atoms with Crippen molar-refractivity contribution in [2.45, 2.75) is 39.5 Å². The van der Waals surface area contributed by atoms with Gasteiger partial charge in [-0.15, -0.1) is 0 Å². The van der Waals surface area contributed by atoms with E-state index in [-0.39, 0.29) is 5.41 Å². The first-order chi connectivity index (χ1) is 5.95. The molecule has 1 aromatic rings. The molecule has 0 unspecified atom stereocenters. The molecule has 0 heterocycles. The van der Waals surface area contributed by atoms with Crippen LogP contribution in [0.2, 0.25) is 5.02 Å². The summed E-state index contributed by atoms with van der Waals surface area (Å²) in [5.41, 5.74) is 2.95. The normalized spacial score (nSPS) is 11.8. The van der Waals surface area contributed by atoms with E-state index in [1.54, 1.807) is 0 Å². The van der Waals surface area contributed by atoms with E-state index in [0.717, 1.165) is 11.4 Å². The Morgan fingerprint density at radius 1 is 1.23 bits per heavy atom. The minimum atomic E-state index is 0.191. The molecule has 1 rings (SSSR count). The minimum absolute atomic E-state index is 0.191. The fraction of sp³-hybridized carbons (Fsp3) is 0.500. The Balaban J connectivity index is 3.24. The molecule has 1 heteroatoms. The summed E-state index contributed by atoms with van der Waals surface area (Å²) in [6.45, 7) is 8.84. The van der Waals surface area contributed by atoms with Gasteiger partial charge >= 0.3 is 0 Å². The van der Waals surface area contributed by atoms with Crippen molar-refractivity contribution in [3.05, 3.63) is 34.3 Å². The zero-order valence-electron chi connectivity index (χ0n) is 8.82. The van der Waals surface area contributed by atoms with Gasteiger partial charge in [0.25, 0.3) is 0 Å². The third-order valence-corrected chi connectivity index (χ3v) is 2.50. The van der Waals surface area contributed by atoms with Crippen LogP contribution in [0.1, 0.15) is 38.8 Å². The largest absolute Gasteiger partial charge is 0.0843 e. The first-order valence-corrected chi connectivity index (χ1v) is 5.12. The standard InChI is InChI=1S/C12H17Cl/c1-5-9-6-7-10(13)8-11(9)12(2,3)4/h6-8H,5H2,1-4H3. The molecule has 0 fully saturated rings. The molecule has 0 saturated heterocycles. The molecule has 0 nitrogen and oxygen atoms in total. The van der Waals surface area contributed by atoms with E-state index in [1.807, 2.05) is 6.07 Å². The van der Waals surface area contributed by atoms with E-state index in [2.05, 4.69) is 39.8 Å². The molecule has 13 heavy (non-hydrogen) atoms. The highest BCUT2D eigenvalue weighted by atomic mass is 35.5. The van der Waals surface area contributed by atoms with Crippen LogP contribution < -0.4 is 0 Å². The second-order valence-corrected chi connectivity index (χ2v) is 4.84. The van der Waals surface area contributed by atoms with Gasteiger partial charge in [-0.1, -0.05) is 45.4 Å². The molecule has 72 valence electrons. The smallest absolute Gasteiger partial charge is 0.0409 e. The first kappa shape index (κ1) is 10.6. The number of halogens is 1. The Bertz CT molecular complexity index is 294. The number of hydrogen-bond acceptors (Lipinski definition) is 0. The van der Waals surface area contributed by atoms with Gasteiger partial charge in [-0.05, 0) is 35.1 Å². The molecule has 0 aliphatic rings. The molecule has 0 bridgehead atoms. The molecule has 0 saturated carbocycles. The number of hydrogen-bond donors (Lipinski definition) is 0. The SMILES string of the molecule is CCc1ccc(Cl)cc1C(C)(C)C. The quantitative estimate of drug-likeness (QED) is 0.632. The van der Waals surface area contributed by atoms with Crippen LogP contribution >= 0.6 is 11.6 Å². The summed E-state index contributed by atoms with van der Waals surface area (Å²) in [5.74, 6) is 0. The predicted molar refractivity (Wildman–Crippen MR) is 59.5 cm³/mol. The summed E-state index contributed by atoms with van der Waals surface area (Å²) in [6.07, 6.45) is 1.07. The van der Waals surface area contributed by atoms with E-state index in [1.165, 1.54) is 11.1 Å². The lowest BCUT2D eigenvalue weighted by atomic mass is 9.83. The third-order valence-electron chi connectivity index (χ3n) is 2.26. The predicted octanol–water partition coefficient (Wildman–Crippen LogP) is 4.20. The Labute approximate surface area is 85.9 Å². The van der Waals surface area contributed by atoms with Crippen molar-refractivity contribution in [2.75, 3.05) is 0 Å². The average molecular weight is 197 g/mol. The maximum absolute atomic E-state index is 5.98. The number of benzene rings is 1. The fourth-order valence-electron chi connectivity index (χ4n) is 1.56. The fourth-order valence-corrected chi connectivity index (χ4v) is 1.73. The van der Waals surface area contributed by atoms with Crippen molar-refractivity contribution in [3.63, 3.8) is 0 Å². The maximum atomic E-state index is 5.98. The lowest BCUT2D eigenvalue weighted by Gasteiger charge is -2.22. The van der Waals surface area contributed by atoms with Gasteiger partial charge < -0.3 is 0 Å². The van der Waals surface area contributed by atoms with Gasteiger partial charge in [0.15, 0.2) is 0 Å². The van der Waals surface area contributed by atoms with Crippen molar-refractivity contribution in [2.24, 2.45) is 0 Å². The molecular weight excluding hydrogens is 180 g/mol. The zero-order valence-corrected chi connectivity index (χ0v) is 9.57. The minimum Gasteiger partial charge on any atom is -0.0843 e. The van der Waals surface area contributed by atoms with Gasteiger partial charge in [0.2, 0.25) is 0 Å². The topological polar surface area (TPSA) is 0 Å². The first-order valence-electron chi connectivity index (χ1n) is 4.74. The Morgan fingerprint density at radius 2 is 1.85 bits per heavy atom. The molecule has 0 atom stereocenters. The maximum Gasteiger partial charge on any atom is 0.0409 e. The van der Waals surface area contributed by atoms with E-state index in [4.69, 9.17) is 11.6 Å². The summed E-state index contributed by atoms with van der Waals surface area (Å²) in [6, 6.07) is 6.18. The van der Waals surface area contributed by atoms with Crippen LogP contribution in [-0.4, -0.2) is 0 Å². The second kappa shape index (κ2) is 3.71. The van der Waals surface area contributed by atoms with Crippen LogP contribution in [0.5, 0.6) is 0 Å². The Hall–Kier alpha value is -0.490. The van der Waals surface area contributed by atoms with E-state index < -0.39 is 0 Å². The molecule has 0 radical (unpaired) electrons. The highest BCUT2D eigenvalue weighted by Crippen LogP contribution is 2.28. The zero-order chi connectivity index (χ0) is 10.1. The highest BCUT2D eigenvalue weighted by molar-refractivity contribution is 6.30. The van der Waals surface area contributed by atoms with Gasteiger partial charge in [-0.25, -0.2) is 0 Å². The van der Waals surface area contributed by atoms with E-state index >= 15 is 0 Å². The van der Waals surface area contributed by atoms with Crippen molar-refractivity contribution in [1.82, 2.24) is 0 Å². The third kappa shape index (κ3) is 2.47. The molecule has 0 spiro atoms. The molecule has 0 aliphatic carbocycles. The number of rotatable bonds is 1. The van der Waals surface area contributed by atoms with Crippen molar-refractivity contribution < 1.29 is 0 Å². The second-order valence-electron chi connectivity index (χ2n) is 4.41. The summed E-state index contributed by atoms with van der Waals surface area (Å²) >= 11 is 5.98. The van der Waals surface area contributed by atoms with Crippen LogP contribution in [0.4, 0.5) is 0 Å². The molecular formula is C12H17Cl. The van der Waals surface area contributed by atoms with E-state index in [0.29, 0.717) is 0 Å². The average Bonchev–Trinajstić information content (AvgIpc) is 2.03. The Kier molecular flexibility index (Phi) is 3.02. The van der Waals surface area contributed by atoms with E-state index in [9.17, 15) is 0 Å². The molecule has 0 aliphatic heterocycles. The highest BCUT2D eigenvalue weighted by Gasteiger charge is 2.17. The van der Waals surface area contributed by atoms with Crippen molar-refractivity contribution in [3.8, 4) is 0 Å². The summed E-state index contributed by atoms with van der Waals surface area (Å²) in [4.78, 5) is 0. The van der Waals surface area contributed by atoms with Gasteiger partial charge in [-0.2, -0.15) is 0 Å². The van der Waals surface area contributed by atoms with Crippen LogP contribution in [0.15, 0.2) is 18.2 Å². The van der Waals surface area contributed by atoms with Crippen LogP contribution in [0.25, 0.3) is 0 Å². The van der Waals surface area contributed by atoms with Gasteiger partial charge in [-0.3, -0.25) is 0 Å². The monoisotopic (exact) mass is 196 g/mol. The Morgan fingerprint density at radius 3 is 2.31 bits per heavy atom. The van der Waals surface area contributed by atoms with Crippen molar-refractivity contribution >= 4 is 11.6 Å². The van der Waals surface area contributed by atoms with Crippen LogP contribution in [-0.2, 0) is 11.8 Å². The lowest BCUT2D eigenvalue weighted by Crippen LogP contribution is -2.13. The summed E-state index contributed by atoms with van der Waals surface area (Å²) in [5, 5.41) is 0.835. The lowest BCUT2D eigenvalue weighted by molar-refractivity contribution is 0.583. The van der Waals surface area contributed by atoms with Gasteiger partial charge in [0, 0.05) is 5.02 Å². The molecule has 1 aromatic carbocycles. The molecule has 0 amide bonds. The number of aryl methyl sites for hydroxylation is 1. The van der Waals surface area contributed by atoms with Gasteiger partial charge in [0.1, 0.15) is 0 Å². The summed E-state index contributed by atoms with van der Waals surface area (Å²) in [7, 11) is 0.